The topological polar surface area (TPSA) is 20.3 Å². The number of nitrogens with zero attached hydrogens (tertiary/aromatic N) is 1. The van der Waals surface area contributed by atoms with Gasteiger partial charge >= 0.3 is 0 Å². The first-order valence-electron chi connectivity index (χ1n) is 6.60. The third-order valence-electron chi connectivity index (χ3n) is 3.57. The van der Waals surface area contributed by atoms with Crippen molar-refractivity contribution in [3.8, 4) is 0 Å². The second kappa shape index (κ2) is 6.23. The van der Waals surface area contributed by atoms with Crippen LogP contribution in [0.5, 0.6) is 0 Å². The normalized spacial score (nSPS) is 12.0. The van der Waals surface area contributed by atoms with Crippen LogP contribution in [0.2, 0.25) is 0 Å². The van der Waals surface area contributed by atoms with Gasteiger partial charge in [-0.25, -0.2) is 0 Å². The van der Waals surface area contributed by atoms with Gasteiger partial charge in [0, 0.05) is 11.5 Å². The van der Waals surface area contributed by atoms with Crippen LogP contribution in [0, 0.1) is 6.92 Å². The summed E-state index contributed by atoms with van der Waals surface area (Å²) in [5.74, 6) is -0.0699. The highest BCUT2D eigenvalue weighted by molar-refractivity contribution is 9.10. The molecule has 0 saturated heterocycles. The van der Waals surface area contributed by atoms with Gasteiger partial charge in [0.15, 0.2) is 0 Å². The van der Waals surface area contributed by atoms with Crippen LogP contribution in [-0.2, 0) is 4.79 Å². The van der Waals surface area contributed by atoms with Gasteiger partial charge in [0.1, 0.15) is 0 Å². The molecule has 0 bridgehead atoms. The number of rotatable bonds is 3. The number of amides is 1. The molecule has 3 heteroatoms. The molecule has 2 rings (SSSR count). The van der Waals surface area contributed by atoms with E-state index in [1.54, 1.807) is 4.90 Å². The van der Waals surface area contributed by atoms with Crippen molar-refractivity contribution in [3.63, 3.8) is 0 Å². The predicted molar refractivity (Wildman–Crippen MR) is 87.1 cm³/mol. The van der Waals surface area contributed by atoms with Crippen molar-refractivity contribution in [2.45, 2.75) is 19.8 Å². The zero-order chi connectivity index (χ0) is 14.7. The fourth-order valence-electron chi connectivity index (χ4n) is 2.34. The lowest BCUT2D eigenvalue weighted by Crippen LogP contribution is -2.31. The molecule has 0 aromatic heterocycles. The van der Waals surface area contributed by atoms with Crippen LogP contribution in [0.15, 0.2) is 53.0 Å². The molecule has 2 nitrogen and oxygen atoms in total. The van der Waals surface area contributed by atoms with Crippen molar-refractivity contribution in [2.24, 2.45) is 0 Å². The molecule has 20 heavy (non-hydrogen) atoms. The lowest BCUT2D eigenvalue weighted by atomic mass is 9.95. The number of carbonyl (C=O) groups is 1. The average Bonchev–Trinajstić information content (AvgIpc) is 2.46. The molecule has 0 spiro atoms. The van der Waals surface area contributed by atoms with Gasteiger partial charge in [0.25, 0.3) is 0 Å². The minimum atomic E-state index is -0.159. The van der Waals surface area contributed by atoms with Gasteiger partial charge < -0.3 is 4.90 Å². The third kappa shape index (κ3) is 2.93. The molecule has 0 radical (unpaired) electrons. The Morgan fingerprint density at radius 3 is 2.35 bits per heavy atom. The molecule has 0 saturated carbocycles. The maximum absolute atomic E-state index is 12.7. The van der Waals surface area contributed by atoms with Crippen molar-refractivity contribution >= 4 is 27.5 Å². The van der Waals surface area contributed by atoms with Gasteiger partial charge in [0.2, 0.25) is 5.91 Å². The Balaban J connectivity index is 2.28. The van der Waals surface area contributed by atoms with Gasteiger partial charge in [-0.1, -0.05) is 36.4 Å². The summed E-state index contributed by atoms with van der Waals surface area (Å²) in [6.45, 7) is 4.00. The lowest BCUT2D eigenvalue weighted by Gasteiger charge is -2.23. The fourth-order valence-corrected chi connectivity index (χ4v) is 2.89. The Bertz CT molecular complexity index is 570. The lowest BCUT2D eigenvalue weighted by molar-refractivity contribution is -0.119. The minimum Gasteiger partial charge on any atom is -0.314 e. The van der Waals surface area contributed by atoms with E-state index in [1.165, 1.54) is 0 Å². The highest BCUT2D eigenvalue weighted by Crippen LogP contribution is 2.28. The van der Waals surface area contributed by atoms with Gasteiger partial charge in [0.05, 0.1) is 11.6 Å². The van der Waals surface area contributed by atoms with E-state index in [9.17, 15) is 4.79 Å². The van der Waals surface area contributed by atoms with Crippen molar-refractivity contribution < 1.29 is 4.79 Å². The van der Waals surface area contributed by atoms with Crippen molar-refractivity contribution in [1.82, 2.24) is 0 Å². The maximum Gasteiger partial charge on any atom is 0.234 e. The first-order chi connectivity index (χ1) is 9.52. The highest BCUT2D eigenvalue weighted by atomic mass is 79.9. The van der Waals surface area contributed by atoms with Crippen LogP contribution in [-0.4, -0.2) is 13.0 Å². The highest BCUT2D eigenvalue weighted by Gasteiger charge is 2.22. The molecule has 0 aliphatic heterocycles. The van der Waals surface area contributed by atoms with E-state index in [4.69, 9.17) is 0 Å². The van der Waals surface area contributed by atoms with Crippen molar-refractivity contribution in [1.29, 1.82) is 0 Å². The number of anilines is 1. The van der Waals surface area contributed by atoms with Gasteiger partial charge in [-0.05, 0) is 53.0 Å². The van der Waals surface area contributed by atoms with Crippen LogP contribution in [0.3, 0.4) is 0 Å². The number of likely N-dealkylation sites (N-methyl/N-ethyl adjacent to an activating group) is 1. The van der Waals surface area contributed by atoms with E-state index in [0.29, 0.717) is 0 Å². The molecular weight excluding hydrogens is 314 g/mol. The van der Waals surface area contributed by atoms with Crippen LogP contribution in [0.4, 0.5) is 5.69 Å². The van der Waals surface area contributed by atoms with Crippen LogP contribution in [0.1, 0.15) is 24.0 Å². The zero-order valence-electron chi connectivity index (χ0n) is 11.9. The van der Waals surface area contributed by atoms with E-state index in [0.717, 1.165) is 21.3 Å². The van der Waals surface area contributed by atoms with Crippen LogP contribution >= 0.6 is 15.9 Å². The van der Waals surface area contributed by atoms with Gasteiger partial charge in [-0.3, -0.25) is 4.79 Å². The fraction of sp³-hybridized carbons (Fsp3) is 0.235. The molecule has 1 atom stereocenters. The number of benzene rings is 2. The SMILES string of the molecule is Cc1ccccc1C(C)C(=O)N(C)c1ccccc1Br. The number of halogens is 1. The summed E-state index contributed by atoms with van der Waals surface area (Å²) < 4.78 is 0.924. The molecule has 2 aromatic carbocycles. The monoisotopic (exact) mass is 331 g/mol. The molecule has 0 heterocycles. The second-order valence-corrected chi connectivity index (χ2v) is 5.78. The molecule has 1 unspecified atom stereocenters. The van der Waals surface area contributed by atoms with E-state index in [1.807, 2.05) is 69.4 Å². The predicted octanol–water partition coefficient (Wildman–Crippen LogP) is 4.52. The molecular formula is C17H18BrNO. The summed E-state index contributed by atoms with van der Waals surface area (Å²) >= 11 is 3.49. The zero-order valence-corrected chi connectivity index (χ0v) is 13.5. The number of carbonyl (C=O) groups excluding carboxylic acids is 1. The Labute approximate surface area is 128 Å². The first kappa shape index (κ1) is 14.8. The van der Waals surface area contributed by atoms with Gasteiger partial charge in [-0.2, -0.15) is 0 Å². The number of hydrogen-bond acceptors (Lipinski definition) is 1. The third-order valence-corrected chi connectivity index (χ3v) is 4.24. The smallest absolute Gasteiger partial charge is 0.234 e. The molecule has 0 fully saturated rings. The molecule has 1 amide bonds. The number of aryl methyl sites for hydroxylation is 1. The summed E-state index contributed by atoms with van der Waals surface area (Å²) in [6, 6.07) is 15.8. The van der Waals surface area contributed by atoms with E-state index >= 15 is 0 Å². The Morgan fingerprint density at radius 1 is 1.10 bits per heavy atom. The van der Waals surface area contributed by atoms with Crippen molar-refractivity contribution in [3.05, 3.63) is 64.1 Å². The molecule has 2 aromatic rings. The Hall–Kier alpha value is -1.61. The largest absolute Gasteiger partial charge is 0.314 e. The van der Waals surface area contributed by atoms with E-state index < -0.39 is 0 Å². The molecule has 0 aliphatic carbocycles. The van der Waals surface area contributed by atoms with Crippen molar-refractivity contribution in [2.75, 3.05) is 11.9 Å². The molecule has 0 aliphatic rings. The standard InChI is InChI=1S/C17H18BrNO/c1-12-8-4-5-9-14(12)13(2)17(20)19(3)16-11-7-6-10-15(16)18/h4-11,13H,1-3H3. The average molecular weight is 332 g/mol. The van der Waals surface area contributed by atoms with Crippen LogP contribution < -0.4 is 4.90 Å². The Kier molecular flexibility index (Phi) is 4.61. The van der Waals surface area contributed by atoms with E-state index in [-0.39, 0.29) is 11.8 Å². The maximum atomic E-state index is 12.7. The van der Waals surface area contributed by atoms with Crippen LogP contribution in [0.25, 0.3) is 0 Å². The number of para-hydroxylation sites is 1. The summed E-state index contributed by atoms with van der Waals surface area (Å²) in [4.78, 5) is 14.4. The second-order valence-electron chi connectivity index (χ2n) is 4.93. The first-order valence-corrected chi connectivity index (χ1v) is 7.39. The number of hydrogen-bond donors (Lipinski definition) is 0. The minimum absolute atomic E-state index is 0.0891. The molecule has 104 valence electrons. The molecule has 0 N–H and O–H groups in total. The summed E-state index contributed by atoms with van der Waals surface area (Å²) in [7, 11) is 1.82. The Morgan fingerprint density at radius 2 is 1.70 bits per heavy atom. The summed E-state index contributed by atoms with van der Waals surface area (Å²) in [5, 5.41) is 0. The van der Waals surface area contributed by atoms with E-state index in [2.05, 4.69) is 15.9 Å². The quantitative estimate of drug-likeness (QED) is 0.809. The summed E-state index contributed by atoms with van der Waals surface area (Å²) in [5.41, 5.74) is 3.11. The summed E-state index contributed by atoms with van der Waals surface area (Å²) in [6.07, 6.45) is 0. The van der Waals surface area contributed by atoms with Gasteiger partial charge in [-0.15, -0.1) is 0 Å².